The molecule has 4 rings (SSSR count). The van der Waals surface area contributed by atoms with Gasteiger partial charge in [0.1, 0.15) is 6.07 Å². The van der Waals surface area contributed by atoms with E-state index in [0.717, 1.165) is 31.0 Å². The van der Waals surface area contributed by atoms with Gasteiger partial charge in [-0.25, -0.2) is 19.2 Å². The van der Waals surface area contributed by atoms with Gasteiger partial charge in [-0.05, 0) is 50.3 Å². The second-order valence-electron chi connectivity index (χ2n) is 6.84. The Bertz CT molecular complexity index is 909. The van der Waals surface area contributed by atoms with Gasteiger partial charge < -0.3 is 10.2 Å². The SMILES string of the molecule is Cc1ccc(NC(=O)N2C3CCCC2C3)cc1-c1ncc(F)c(C#N)n1. The minimum Gasteiger partial charge on any atom is -0.318 e. The van der Waals surface area contributed by atoms with Crippen LogP contribution in [0.5, 0.6) is 0 Å². The van der Waals surface area contributed by atoms with Crippen LogP contribution in [0.15, 0.2) is 24.4 Å². The number of fused-ring (bicyclic) bond motifs is 2. The van der Waals surface area contributed by atoms with E-state index < -0.39 is 5.82 Å². The quantitative estimate of drug-likeness (QED) is 0.896. The zero-order chi connectivity index (χ0) is 18.3. The lowest BCUT2D eigenvalue weighted by atomic mass is 9.80. The highest BCUT2D eigenvalue weighted by molar-refractivity contribution is 5.91. The first-order valence-corrected chi connectivity index (χ1v) is 8.70. The fraction of sp³-hybridized carbons (Fsp3) is 0.368. The molecule has 2 atom stereocenters. The van der Waals surface area contributed by atoms with E-state index in [1.807, 2.05) is 24.0 Å². The molecular formula is C19H18FN5O. The van der Waals surface area contributed by atoms with Crippen LogP contribution < -0.4 is 5.32 Å². The number of rotatable bonds is 2. The van der Waals surface area contributed by atoms with E-state index in [0.29, 0.717) is 23.3 Å². The number of carbonyl (C=O) groups excluding carboxylic acids is 1. The highest BCUT2D eigenvalue weighted by atomic mass is 19.1. The fourth-order valence-corrected chi connectivity index (χ4v) is 3.84. The van der Waals surface area contributed by atoms with Crippen molar-refractivity contribution in [3.63, 3.8) is 0 Å². The summed E-state index contributed by atoms with van der Waals surface area (Å²) in [5.41, 5.74) is 1.87. The molecule has 2 aromatic rings. The first kappa shape index (κ1) is 16.5. The summed E-state index contributed by atoms with van der Waals surface area (Å²) >= 11 is 0. The molecule has 3 heterocycles. The molecule has 0 aliphatic carbocycles. The van der Waals surface area contributed by atoms with Crippen molar-refractivity contribution in [2.75, 3.05) is 5.32 Å². The van der Waals surface area contributed by atoms with Gasteiger partial charge in [0.2, 0.25) is 0 Å². The number of nitriles is 1. The molecular weight excluding hydrogens is 333 g/mol. The molecule has 2 amide bonds. The summed E-state index contributed by atoms with van der Waals surface area (Å²) in [6, 6.07) is 7.78. The first-order chi connectivity index (χ1) is 12.6. The molecule has 2 saturated heterocycles. The van der Waals surface area contributed by atoms with Crippen LogP contribution in [0.2, 0.25) is 0 Å². The Morgan fingerprint density at radius 2 is 2.15 bits per heavy atom. The predicted octanol–water partition coefficient (Wildman–Crippen LogP) is 3.62. The van der Waals surface area contributed by atoms with Gasteiger partial charge in [0, 0.05) is 23.3 Å². The maximum atomic E-state index is 13.5. The number of aryl methyl sites for hydroxylation is 1. The van der Waals surface area contributed by atoms with Crippen LogP contribution in [-0.4, -0.2) is 33.0 Å². The maximum Gasteiger partial charge on any atom is 0.322 e. The Balaban J connectivity index is 1.59. The van der Waals surface area contributed by atoms with Crippen molar-refractivity contribution in [3.8, 4) is 17.5 Å². The lowest BCUT2D eigenvalue weighted by Crippen LogP contribution is -2.62. The van der Waals surface area contributed by atoms with Crippen LogP contribution in [0.25, 0.3) is 11.4 Å². The van der Waals surface area contributed by atoms with Crippen LogP contribution in [0, 0.1) is 24.1 Å². The molecule has 2 aliphatic heterocycles. The second kappa shape index (κ2) is 6.37. The van der Waals surface area contributed by atoms with Gasteiger partial charge >= 0.3 is 6.03 Å². The van der Waals surface area contributed by atoms with Gasteiger partial charge in [-0.3, -0.25) is 0 Å². The number of amides is 2. The molecule has 2 bridgehead atoms. The van der Waals surface area contributed by atoms with Crippen LogP contribution in [0.1, 0.15) is 36.9 Å². The van der Waals surface area contributed by atoms with E-state index in [1.54, 1.807) is 12.1 Å². The van der Waals surface area contributed by atoms with Crippen LogP contribution in [0.3, 0.4) is 0 Å². The number of aromatic nitrogens is 2. The Morgan fingerprint density at radius 3 is 2.85 bits per heavy atom. The average Bonchev–Trinajstić information content (AvgIpc) is 2.64. The van der Waals surface area contributed by atoms with E-state index in [2.05, 4.69) is 15.3 Å². The summed E-state index contributed by atoms with van der Waals surface area (Å²) in [4.78, 5) is 22.5. The molecule has 7 heteroatoms. The minimum absolute atomic E-state index is 0.0847. The molecule has 0 saturated carbocycles. The predicted molar refractivity (Wildman–Crippen MR) is 93.8 cm³/mol. The molecule has 6 nitrogen and oxygen atoms in total. The number of piperidine rings is 1. The Morgan fingerprint density at radius 1 is 1.38 bits per heavy atom. The van der Waals surface area contributed by atoms with Crippen molar-refractivity contribution in [1.82, 2.24) is 14.9 Å². The molecule has 132 valence electrons. The zero-order valence-electron chi connectivity index (χ0n) is 14.4. The Kier molecular flexibility index (Phi) is 4.03. The van der Waals surface area contributed by atoms with Gasteiger partial charge in [-0.2, -0.15) is 5.26 Å². The molecule has 26 heavy (non-hydrogen) atoms. The van der Waals surface area contributed by atoms with Crippen molar-refractivity contribution >= 4 is 11.7 Å². The molecule has 0 radical (unpaired) electrons. The standard InChI is InChI=1S/C19H18FN5O/c1-11-5-6-12(23-19(26)25-13-3-2-4-14(25)8-13)7-15(11)18-22-10-16(20)17(9-21)24-18/h5-7,10,13-14H,2-4,8H2,1H3,(H,23,26). The van der Waals surface area contributed by atoms with Gasteiger partial charge in [0.25, 0.3) is 0 Å². The van der Waals surface area contributed by atoms with Crippen molar-refractivity contribution in [3.05, 3.63) is 41.5 Å². The van der Waals surface area contributed by atoms with Crippen LogP contribution >= 0.6 is 0 Å². The number of anilines is 1. The molecule has 2 aliphatic rings. The molecule has 0 spiro atoms. The lowest BCUT2D eigenvalue weighted by Gasteiger charge is -2.52. The summed E-state index contributed by atoms with van der Waals surface area (Å²) < 4.78 is 13.5. The third-order valence-electron chi connectivity index (χ3n) is 5.22. The first-order valence-electron chi connectivity index (χ1n) is 8.70. The van der Waals surface area contributed by atoms with E-state index >= 15 is 0 Å². The molecule has 1 N–H and O–H groups in total. The van der Waals surface area contributed by atoms with Crippen molar-refractivity contribution in [1.29, 1.82) is 5.26 Å². The Hall–Kier alpha value is -3.01. The maximum absolute atomic E-state index is 13.5. The van der Waals surface area contributed by atoms with Gasteiger partial charge in [0.15, 0.2) is 17.3 Å². The third-order valence-corrected chi connectivity index (χ3v) is 5.22. The molecule has 1 aromatic carbocycles. The van der Waals surface area contributed by atoms with Gasteiger partial charge in [-0.1, -0.05) is 6.07 Å². The Labute approximate surface area is 150 Å². The van der Waals surface area contributed by atoms with Crippen molar-refractivity contribution in [2.45, 2.75) is 44.7 Å². The van der Waals surface area contributed by atoms with Crippen LogP contribution in [0.4, 0.5) is 14.9 Å². The summed E-state index contributed by atoms with van der Waals surface area (Å²) in [5, 5.41) is 11.9. The largest absolute Gasteiger partial charge is 0.322 e. The summed E-state index contributed by atoms with van der Waals surface area (Å²) in [7, 11) is 0. The zero-order valence-corrected chi connectivity index (χ0v) is 14.4. The monoisotopic (exact) mass is 351 g/mol. The number of hydrogen-bond acceptors (Lipinski definition) is 4. The summed E-state index contributed by atoms with van der Waals surface area (Å²) in [5.74, 6) is -0.486. The van der Waals surface area contributed by atoms with E-state index in [-0.39, 0.29) is 17.5 Å². The topological polar surface area (TPSA) is 81.9 Å². The highest BCUT2D eigenvalue weighted by Gasteiger charge is 2.44. The summed E-state index contributed by atoms with van der Waals surface area (Å²) in [6.45, 7) is 1.87. The van der Waals surface area contributed by atoms with E-state index in [4.69, 9.17) is 5.26 Å². The molecule has 2 fully saturated rings. The number of nitrogens with zero attached hydrogens (tertiary/aromatic N) is 4. The number of urea groups is 1. The molecule has 1 aromatic heterocycles. The number of carbonyl (C=O) groups is 1. The van der Waals surface area contributed by atoms with Crippen molar-refractivity contribution in [2.24, 2.45) is 0 Å². The van der Waals surface area contributed by atoms with E-state index in [9.17, 15) is 9.18 Å². The van der Waals surface area contributed by atoms with E-state index in [1.165, 1.54) is 6.42 Å². The van der Waals surface area contributed by atoms with Crippen molar-refractivity contribution < 1.29 is 9.18 Å². The number of hydrogen-bond donors (Lipinski definition) is 1. The molecule has 2 unspecified atom stereocenters. The number of benzene rings is 1. The number of halogens is 1. The fourth-order valence-electron chi connectivity index (χ4n) is 3.84. The van der Waals surface area contributed by atoms with Gasteiger partial charge in [0.05, 0.1) is 6.20 Å². The summed E-state index contributed by atoms with van der Waals surface area (Å²) in [6.07, 6.45) is 5.43. The minimum atomic E-state index is -0.748. The average molecular weight is 351 g/mol. The second-order valence-corrected chi connectivity index (χ2v) is 6.84. The van der Waals surface area contributed by atoms with Gasteiger partial charge in [-0.15, -0.1) is 0 Å². The lowest BCUT2D eigenvalue weighted by molar-refractivity contribution is 0.0173. The number of nitrogens with one attached hydrogen (secondary N) is 1. The normalized spacial score (nSPS) is 20.9. The smallest absolute Gasteiger partial charge is 0.318 e. The van der Waals surface area contributed by atoms with Crippen LogP contribution in [-0.2, 0) is 0 Å². The highest BCUT2D eigenvalue weighted by Crippen LogP contribution is 2.38. The third kappa shape index (κ3) is 2.77.